The Balaban J connectivity index is 1.79. The van der Waals surface area contributed by atoms with Crippen LogP contribution in [-0.2, 0) is 22.5 Å². The highest BCUT2D eigenvalue weighted by molar-refractivity contribution is 5.87. The first-order valence-electron chi connectivity index (χ1n) is 11.9. The first-order chi connectivity index (χ1) is 15.4. The van der Waals surface area contributed by atoms with Gasteiger partial charge in [0.2, 0.25) is 5.91 Å². The third-order valence-electron chi connectivity index (χ3n) is 6.25. The van der Waals surface area contributed by atoms with Crippen LogP contribution < -0.4 is 5.32 Å². The number of phenols is 1. The van der Waals surface area contributed by atoms with Crippen molar-refractivity contribution in [3.05, 3.63) is 41.0 Å². The molecule has 3 rings (SSSR count). The smallest absolute Gasteiger partial charge is 0.411 e. The minimum atomic E-state index is -0.669. The van der Waals surface area contributed by atoms with Crippen LogP contribution in [0, 0.1) is 5.92 Å². The highest BCUT2D eigenvalue weighted by atomic mass is 16.6. The van der Waals surface area contributed by atoms with Gasteiger partial charge in [-0.3, -0.25) is 14.6 Å². The number of carbonyl (C=O) groups excluding carboxylic acids is 2. The maximum atomic E-state index is 13.5. The van der Waals surface area contributed by atoms with Gasteiger partial charge in [-0.2, -0.15) is 0 Å². The van der Waals surface area contributed by atoms with Crippen LogP contribution >= 0.6 is 0 Å². The van der Waals surface area contributed by atoms with E-state index in [1.165, 1.54) is 10.5 Å². The molecule has 7 heteroatoms. The summed E-state index contributed by atoms with van der Waals surface area (Å²) in [6.45, 7) is 14.7. The van der Waals surface area contributed by atoms with Crippen LogP contribution in [0.3, 0.4) is 0 Å². The zero-order valence-electron chi connectivity index (χ0n) is 20.9. The summed E-state index contributed by atoms with van der Waals surface area (Å²) < 4.78 is 5.62. The molecule has 0 aromatic heterocycles. The molecule has 2 atom stereocenters. The summed E-state index contributed by atoms with van der Waals surface area (Å²) in [6.07, 6.45) is 3.17. The number of nitrogens with one attached hydrogen (secondary N) is 1. The lowest BCUT2D eigenvalue weighted by Gasteiger charge is -2.38. The minimum absolute atomic E-state index is 0.0231. The van der Waals surface area contributed by atoms with Gasteiger partial charge in [0.15, 0.2) is 0 Å². The molecule has 182 valence electrons. The van der Waals surface area contributed by atoms with E-state index in [4.69, 9.17) is 4.74 Å². The van der Waals surface area contributed by atoms with Gasteiger partial charge >= 0.3 is 6.09 Å². The van der Waals surface area contributed by atoms with Gasteiger partial charge in [-0.25, -0.2) is 4.79 Å². The average molecular weight is 458 g/mol. The van der Waals surface area contributed by atoms with Crippen LogP contribution in [0.4, 0.5) is 4.79 Å². The van der Waals surface area contributed by atoms with Gasteiger partial charge in [-0.05, 0) is 63.3 Å². The van der Waals surface area contributed by atoms with Crippen molar-refractivity contribution in [1.82, 2.24) is 15.1 Å². The molecule has 0 fully saturated rings. The van der Waals surface area contributed by atoms with E-state index in [1.807, 2.05) is 26.8 Å². The highest BCUT2D eigenvalue weighted by Gasteiger charge is 2.38. The summed E-state index contributed by atoms with van der Waals surface area (Å²) in [5.74, 6) is 0.233. The second-order valence-corrected chi connectivity index (χ2v) is 10.7. The van der Waals surface area contributed by atoms with Crippen LogP contribution in [0.5, 0.6) is 5.75 Å². The van der Waals surface area contributed by atoms with Crippen LogP contribution in [0.2, 0.25) is 0 Å². The minimum Gasteiger partial charge on any atom is -0.508 e. The molecule has 2 heterocycles. The second kappa shape index (κ2) is 10.2. The molecule has 1 aromatic rings. The quantitative estimate of drug-likeness (QED) is 0.657. The normalized spacial score (nSPS) is 20.2. The van der Waals surface area contributed by atoms with Crippen molar-refractivity contribution in [2.24, 2.45) is 5.92 Å². The van der Waals surface area contributed by atoms with Crippen LogP contribution in [0.15, 0.2) is 29.8 Å². The zero-order valence-corrected chi connectivity index (χ0v) is 20.9. The van der Waals surface area contributed by atoms with Crippen molar-refractivity contribution < 1.29 is 19.4 Å². The van der Waals surface area contributed by atoms with Crippen molar-refractivity contribution >= 4 is 12.0 Å². The Kier molecular flexibility index (Phi) is 7.73. The van der Waals surface area contributed by atoms with Crippen molar-refractivity contribution in [3.63, 3.8) is 0 Å². The van der Waals surface area contributed by atoms with Gasteiger partial charge in [0.25, 0.3) is 0 Å². The third-order valence-corrected chi connectivity index (χ3v) is 6.25. The first-order valence-corrected chi connectivity index (χ1v) is 11.9. The Morgan fingerprint density at radius 1 is 1.21 bits per heavy atom. The molecule has 0 saturated carbocycles. The molecule has 2 aliphatic heterocycles. The highest BCUT2D eigenvalue weighted by Crippen LogP contribution is 2.28. The summed E-state index contributed by atoms with van der Waals surface area (Å²) in [5, 5.41) is 13.1. The Bertz CT molecular complexity index is 903. The molecule has 2 amide bonds. The number of nitrogens with zero attached hydrogens (tertiary/aromatic N) is 2. The lowest BCUT2D eigenvalue weighted by atomic mass is 9.92. The molecule has 0 bridgehead atoms. The van der Waals surface area contributed by atoms with Crippen LogP contribution in [0.1, 0.15) is 59.1 Å². The van der Waals surface area contributed by atoms with Gasteiger partial charge in [-0.15, -0.1) is 0 Å². The van der Waals surface area contributed by atoms with Crippen LogP contribution in [-0.4, -0.2) is 64.2 Å². The SMILES string of the molecule is CC1=CCCN(C[C@@H](NC(=O)[C@H]2Cc3ccc(O)cc3CN2C(=O)OC(C)(C)C)C(C)C)C1. The molecule has 33 heavy (non-hydrogen) atoms. The van der Waals surface area contributed by atoms with Gasteiger partial charge in [-0.1, -0.05) is 31.6 Å². The predicted molar refractivity (Wildman–Crippen MR) is 129 cm³/mol. The van der Waals surface area contributed by atoms with Crippen molar-refractivity contribution in [3.8, 4) is 5.75 Å². The Morgan fingerprint density at radius 3 is 2.58 bits per heavy atom. The number of hydrogen-bond donors (Lipinski definition) is 2. The fourth-order valence-electron chi connectivity index (χ4n) is 4.44. The van der Waals surface area contributed by atoms with E-state index >= 15 is 0 Å². The van der Waals surface area contributed by atoms with Gasteiger partial charge in [0.1, 0.15) is 17.4 Å². The molecular formula is C26H39N3O4. The Morgan fingerprint density at radius 2 is 1.94 bits per heavy atom. The lowest BCUT2D eigenvalue weighted by Crippen LogP contribution is -2.57. The molecular weight excluding hydrogens is 418 g/mol. The van der Waals surface area contributed by atoms with Gasteiger partial charge < -0.3 is 15.2 Å². The first kappa shape index (κ1) is 25.1. The topological polar surface area (TPSA) is 82.1 Å². The maximum Gasteiger partial charge on any atom is 0.411 e. The van der Waals surface area contributed by atoms with Crippen molar-refractivity contribution in [2.45, 2.75) is 78.6 Å². The van der Waals surface area contributed by atoms with E-state index in [0.717, 1.165) is 37.2 Å². The maximum absolute atomic E-state index is 13.5. The fraction of sp³-hybridized carbons (Fsp3) is 0.615. The van der Waals surface area contributed by atoms with Gasteiger partial charge in [0.05, 0.1) is 6.54 Å². The van der Waals surface area contributed by atoms with Gasteiger partial charge in [0, 0.05) is 32.1 Å². The van der Waals surface area contributed by atoms with Crippen molar-refractivity contribution in [1.29, 1.82) is 0 Å². The summed E-state index contributed by atoms with van der Waals surface area (Å²) in [7, 11) is 0. The second-order valence-electron chi connectivity index (χ2n) is 10.7. The largest absolute Gasteiger partial charge is 0.508 e. The number of hydrogen-bond acceptors (Lipinski definition) is 5. The number of amides is 2. The average Bonchev–Trinajstić information content (AvgIpc) is 2.70. The van der Waals surface area contributed by atoms with E-state index in [2.05, 4.69) is 37.1 Å². The number of rotatable bonds is 5. The third kappa shape index (κ3) is 6.73. The number of carbonyl (C=O) groups is 2. The number of aromatic hydroxyl groups is 1. The molecule has 2 N–H and O–H groups in total. The van der Waals surface area contributed by atoms with E-state index in [-0.39, 0.29) is 30.2 Å². The molecule has 0 radical (unpaired) electrons. The lowest BCUT2D eigenvalue weighted by molar-refractivity contribution is -0.128. The number of phenolic OH excluding ortho intramolecular Hbond substituents is 1. The number of ether oxygens (including phenoxy) is 1. The number of benzene rings is 1. The molecule has 7 nitrogen and oxygen atoms in total. The standard InChI is InChI=1S/C26H39N3O4/c1-17(2)22(16-28-11-7-8-18(3)14-28)27-24(31)23-13-19-9-10-21(30)12-20(19)15-29(23)25(32)33-26(4,5)6/h8-10,12,17,22-23,30H,7,11,13-16H2,1-6H3,(H,27,31)/t22-,23-/m1/s1. The summed E-state index contributed by atoms with van der Waals surface area (Å²) >= 11 is 0. The molecule has 1 aromatic carbocycles. The predicted octanol–water partition coefficient (Wildman–Crippen LogP) is 3.85. The number of fused-ring (bicyclic) bond motifs is 1. The molecule has 0 unspecified atom stereocenters. The molecule has 0 aliphatic carbocycles. The van der Waals surface area contributed by atoms with Crippen molar-refractivity contribution in [2.75, 3.05) is 19.6 Å². The zero-order chi connectivity index (χ0) is 24.3. The molecule has 0 saturated heterocycles. The monoisotopic (exact) mass is 457 g/mol. The Hall–Kier alpha value is -2.54. The van der Waals surface area contributed by atoms with E-state index in [9.17, 15) is 14.7 Å². The summed E-state index contributed by atoms with van der Waals surface area (Å²) in [6, 6.07) is 4.43. The van der Waals surface area contributed by atoms with E-state index in [1.54, 1.807) is 12.1 Å². The van der Waals surface area contributed by atoms with Crippen LogP contribution in [0.25, 0.3) is 0 Å². The summed E-state index contributed by atoms with van der Waals surface area (Å²) in [4.78, 5) is 30.5. The fourth-order valence-corrected chi connectivity index (χ4v) is 4.44. The van der Waals surface area contributed by atoms with E-state index < -0.39 is 17.7 Å². The molecule has 0 spiro atoms. The molecule has 2 aliphatic rings. The Labute approximate surface area is 197 Å². The summed E-state index contributed by atoms with van der Waals surface area (Å²) in [5.41, 5.74) is 2.49. The van der Waals surface area contributed by atoms with E-state index in [0.29, 0.717) is 6.42 Å².